The lowest BCUT2D eigenvalue weighted by Crippen LogP contribution is -2.17. The lowest BCUT2D eigenvalue weighted by molar-refractivity contribution is 0.660. The first-order valence-corrected chi connectivity index (χ1v) is 14.7. The Bertz CT molecular complexity index is 2260. The van der Waals surface area contributed by atoms with Gasteiger partial charge in [0.15, 0.2) is 0 Å². The second kappa shape index (κ2) is 7.56. The molecule has 1 nitrogen and oxygen atoms in total. The zero-order valence-corrected chi connectivity index (χ0v) is 23.9. The molecule has 2 aliphatic carbocycles. The van der Waals surface area contributed by atoms with Crippen LogP contribution in [0.3, 0.4) is 0 Å². The van der Waals surface area contributed by atoms with E-state index in [-0.39, 0.29) is 10.8 Å². The van der Waals surface area contributed by atoms with Crippen molar-refractivity contribution in [2.75, 3.05) is 0 Å². The van der Waals surface area contributed by atoms with Gasteiger partial charge in [0.2, 0.25) is 0 Å². The van der Waals surface area contributed by atoms with E-state index in [1.165, 1.54) is 82.8 Å². The van der Waals surface area contributed by atoms with E-state index < -0.39 is 0 Å². The van der Waals surface area contributed by atoms with E-state index >= 15 is 0 Å². The highest BCUT2D eigenvalue weighted by Crippen LogP contribution is 2.55. The third-order valence-electron chi connectivity index (χ3n) is 10.1. The predicted octanol–water partition coefficient (Wildman–Crippen LogP) is 10.5. The van der Waals surface area contributed by atoms with Crippen molar-refractivity contribution in [3.63, 3.8) is 0 Å². The van der Waals surface area contributed by atoms with E-state index in [2.05, 4.69) is 148 Å². The molecular weight excluding hydrogens is 494 g/mol. The summed E-state index contributed by atoms with van der Waals surface area (Å²) in [7, 11) is 0. The number of para-hydroxylation sites is 1. The van der Waals surface area contributed by atoms with E-state index in [4.69, 9.17) is 0 Å². The molecule has 2 aliphatic rings. The summed E-state index contributed by atoms with van der Waals surface area (Å²) in [6.07, 6.45) is 0. The minimum Gasteiger partial charge on any atom is -0.309 e. The second-order valence-corrected chi connectivity index (χ2v) is 13.0. The van der Waals surface area contributed by atoms with Gasteiger partial charge < -0.3 is 4.57 Å². The molecule has 196 valence electrons. The molecule has 1 heterocycles. The van der Waals surface area contributed by atoms with Gasteiger partial charge in [-0.2, -0.15) is 0 Å². The van der Waals surface area contributed by atoms with Crippen molar-refractivity contribution < 1.29 is 0 Å². The van der Waals surface area contributed by atoms with Gasteiger partial charge in [-0.05, 0) is 73.5 Å². The van der Waals surface area contributed by atoms with E-state index in [1.807, 2.05) is 0 Å². The molecule has 0 unspecified atom stereocenters. The van der Waals surface area contributed by atoms with Gasteiger partial charge in [0.1, 0.15) is 0 Å². The van der Waals surface area contributed by atoms with Crippen molar-refractivity contribution in [3.8, 4) is 27.9 Å². The number of benzene rings is 6. The molecule has 0 aliphatic heterocycles. The van der Waals surface area contributed by atoms with Crippen LogP contribution in [-0.4, -0.2) is 4.57 Å². The SMILES string of the molecule is CC1(C)c2ccccc2-c2cc(-n3c4ccccc4c4ccc5c(c43)C(C)(C)c3c-5ccc4ccccc34)ccc21. The topological polar surface area (TPSA) is 4.93 Å². The molecular formula is C40H31N. The second-order valence-electron chi connectivity index (χ2n) is 13.0. The third-order valence-corrected chi connectivity index (χ3v) is 10.1. The smallest absolute Gasteiger partial charge is 0.0588 e. The van der Waals surface area contributed by atoms with Crippen LogP contribution in [0.15, 0.2) is 115 Å². The summed E-state index contributed by atoms with van der Waals surface area (Å²) >= 11 is 0. The molecule has 0 saturated heterocycles. The van der Waals surface area contributed by atoms with E-state index in [0.29, 0.717) is 0 Å². The molecule has 1 aromatic heterocycles. The largest absolute Gasteiger partial charge is 0.309 e. The quantitative estimate of drug-likeness (QED) is 0.201. The molecule has 0 fully saturated rings. The average Bonchev–Trinajstić information content (AvgIpc) is 3.54. The number of hydrogen-bond donors (Lipinski definition) is 0. The highest BCUT2D eigenvalue weighted by atomic mass is 15.0. The van der Waals surface area contributed by atoms with Gasteiger partial charge in [-0.25, -0.2) is 0 Å². The normalized spacial score (nSPS) is 15.7. The highest BCUT2D eigenvalue weighted by Gasteiger charge is 2.40. The first-order chi connectivity index (χ1) is 19.9. The summed E-state index contributed by atoms with van der Waals surface area (Å²) < 4.78 is 2.55. The summed E-state index contributed by atoms with van der Waals surface area (Å²) in [5.41, 5.74) is 14.8. The van der Waals surface area contributed by atoms with Crippen LogP contribution in [0.5, 0.6) is 0 Å². The maximum Gasteiger partial charge on any atom is 0.0588 e. The van der Waals surface area contributed by atoms with Gasteiger partial charge >= 0.3 is 0 Å². The molecule has 41 heavy (non-hydrogen) atoms. The Hall–Kier alpha value is -4.62. The van der Waals surface area contributed by atoms with Crippen molar-refractivity contribution in [3.05, 3.63) is 138 Å². The molecule has 0 spiro atoms. The lowest BCUT2D eigenvalue weighted by atomic mass is 9.79. The Balaban J connectivity index is 1.40. The van der Waals surface area contributed by atoms with Gasteiger partial charge in [-0.3, -0.25) is 0 Å². The summed E-state index contributed by atoms with van der Waals surface area (Å²) in [6.45, 7) is 9.56. The van der Waals surface area contributed by atoms with Crippen LogP contribution in [0, 0.1) is 0 Å². The monoisotopic (exact) mass is 525 g/mol. The molecule has 6 aromatic carbocycles. The van der Waals surface area contributed by atoms with E-state index in [0.717, 1.165) is 0 Å². The highest BCUT2D eigenvalue weighted by molar-refractivity contribution is 6.14. The standard InChI is InChI=1S/C40H31N/c1-39(2)33-15-9-7-13-27(33)32-23-25(18-22-34(32)39)41-35-16-10-8-14-28(35)31-21-20-30-29-19-17-24-11-5-6-12-26(24)36(29)40(3,4)37(30)38(31)41/h5-23H,1-4H3. The molecule has 1 heteroatoms. The van der Waals surface area contributed by atoms with Gasteiger partial charge in [-0.1, -0.05) is 125 Å². The van der Waals surface area contributed by atoms with Crippen molar-refractivity contribution >= 4 is 32.6 Å². The maximum absolute atomic E-state index is 2.55. The number of hydrogen-bond acceptors (Lipinski definition) is 0. The Kier molecular flexibility index (Phi) is 4.26. The van der Waals surface area contributed by atoms with Gasteiger partial charge in [0.05, 0.1) is 11.0 Å². The Morgan fingerprint density at radius 2 is 1.15 bits per heavy atom. The lowest BCUT2D eigenvalue weighted by Gasteiger charge is -2.25. The van der Waals surface area contributed by atoms with Crippen LogP contribution < -0.4 is 0 Å². The molecule has 0 N–H and O–H groups in total. The first-order valence-electron chi connectivity index (χ1n) is 14.7. The fourth-order valence-electron chi connectivity index (χ4n) is 8.32. The summed E-state index contributed by atoms with van der Waals surface area (Å²) in [4.78, 5) is 0. The predicted molar refractivity (Wildman–Crippen MR) is 173 cm³/mol. The van der Waals surface area contributed by atoms with Crippen LogP contribution >= 0.6 is 0 Å². The van der Waals surface area contributed by atoms with Crippen molar-refractivity contribution in [2.24, 2.45) is 0 Å². The van der Waals surface area contributed by atoms with Crippen molar-refractivity contribution in [2.45, 2.75) is 38.5 Å². The first kappa shape index (κ1) is 23.1. The van der Waals surface area contributed by atoms with Crippen LogP contribution in [0.2, 0.25) is 0 Å². The molecule has 0 saturated carbocycles. The zero-order valence-electron chi connectivity index (χ0n) is 23.9. The third kappa shape index (κ3) is 2.77. The minimum atomic E-state index is -0.150. The number of rotatable bonds is 1. The Morgan fingerprint density at radius 1 is 0.463 bits per heavy atom. The molecule has 0 bridgehead atoms. The van der Waals surface area contributed by atoms with Crippen LogP contribution in [0.25, 0.3) is 60.5 Å². The fraction of sp³-hybridized carbons (Fsp3) is 0.150. The Labute approximate surface area is 240 Å². The number of fused-ring (bicyclic) bond motifs is 12. The van der Waals surface area contributed by atoms with Gasteiger partial charge in [0, 0.05) is 27.3 Å². The summed E-state index contributed by atoms with van der Waals surface area (Å²) in [5.74, 6) is 0. The van der Waals surface area contributed by atoms with E-state index in [9.17, 15) is 0 Å². The number of nitrogens with zero attached hydrogens (tertiary/aromatic N) is 1. The molecule has 0 amide bonds. The molecule has 0 radical (unpaired) electrons. The van der Waals surface area contributed by atoms with Gasteiger partial charge in [0.25, 0.3) is 0 Å². The van der Waals surface area contributed by atoms with Crippen LogP contribution in [0.4, 0.5) is 0 Å². The van der Waals surface area contributed by atoms with Crippen molar-refractivity contribution in [1.82, 2.24) is 4.57 Å². The maximum atomic E-state index is 2.55. The zero-order chi connectivity index (χ0) is 27.7. The number of aromatic nitrogens is 1. The van der Waals surface area contributed by atoms with E-state index in [1.54, 1.807) is 0 Å². The summed E-state index contributed by atoms with van der Waals surface area (Å²) in [5, 5.41) is 5.30. The summed E-state index contributed by atoms with van der Waals surface area (Å²) in [6, 6.07) is 43.3. The molecule has 9 rings (SSSR count). The average molecular weight is 526 g/mol. The minimum absolute atomic E-state index is 0.00276. The Morgan fingerprint density at radius 3 is 2.02 bits per heavy atom. The fourth-order valence-corrected chi connectivity index (χ4v) is 8.32. The van der Waals surface area contributed by atoms with Crippen LogP contribution in [0.1, 0.15) is 49.9 Å². The van der Waals surface area contributed by atoms with Crippen LogP contribution in [-0.2, 0) is 10.8 Å². The van der Waals surface area contributed by atoms with Crippen molar-refractivity contribution in [1.29, 1.82) is 0 Å². The molecule has 0 atom stereocenters. The molecule has 7 aromatic rings. The van der Waals surface area contributed by atoms with Gasteiger partial charge in [-0.15, -0.1) is 0 Å².